The monoisotopic (exact) mass is 358 g/mol. The molecule has 2 unspecified atom stereocenters. The molecule has 1 heterocycles. The van der Waals surface area contributed by atoms with E-state index in [1.54, 1.807) is 7.11 Å². The van der Waals surface area contributed by atoms with Gasteiger partial charge in [-0.3, -0.25) is 0 Å². The summed E-state index contributed by atoms with van der Waals surface area (Å²) in [7, 11) is 1.72. The predicted octanol–water partition coefficient (Wildman–Crippen LogP) is 3.51. The van der Waals surface area contributed by atoms with Gasteiger partial charge in [-0.05, 0) is 60.3 Å². The molecule has 3 aliphatic carbocycles. The van der Waals surface area contributed by atoms with Crippen LogP contribution in [0.4, 0.5) is 0 Å². The zero-order valence-corrected chi connectivity index (χ0v) is 16.0. The summed E-state index contributed by atoms with van der Waals surface area (Å²) in [6, 6.07) is 6.41. The summed E-state index contributed by atoms with van der Waals surface area (Å²) < 4.78 is 17.8. The van der Waals surface area contributed by atoms with E-state index in [0.717, 1.165) is 31.4 Å². The second-order valence-electron chi connectivity index (χ2n) is 9.13. The minimum absolute atomic E-state index is 0.0949. The van der Waals surface area contributed by atoms with E-state index < -0.39 is 5.79 Å². The Labute approximate surface area is 155 Å². The third kappa shape index (κ3) is 2.07. The lowest BCUT2D eigenvalue weighted by atomic mass is 9.51. The van der Waals surface area contributed by atoms with Crippen LogP contribution in [0.15, 0.2) is 18.2 Å². The van der Waals surface area contributed by atoms with Crippen molar-refractivity contribution in [2.24, 2.45) is 23.2 Å². The van der Waals surface area contributed by atoms with Crippen LogP contribution in [0.2, 0.25) is 0 Å². The standard InChI is InChI=1S/C22H30O4/c1-13-10-14-11-15(24-3)4-5-16(14)20-18(23)12-21(2)17(19(13)20)6-7-22(21)25-8-9-26-22/h4-5,11,13,17-20,23H,6-10,12H2,1-3H3/t13?,17-,18?,19-,20-,21-/m0/s1. The number of hydrogen-bond acceptors (Lipinski definition) is 4. The molecule has 1 aromatic carbocycles. The van der Waals surface area contributed by atoms with E-state index in [-0.39, 0.29) is 17.4 Å². The first kappa shape index (κ1) is 17.0. The molecular weight excluding hydrogens is 328 g/mol. The molecule has 4 nitrogen and oxygen atoms in total. The normalized spacial score (nSPS) is 43.0. The second-order valence-corrected chi connectivity index (χ2v) is 9.13. The maximum absolute atomic E-state index is 11.3. The minimum atomic E-state index is -0.469. The molecule has 0 bridgehead atoms. The molecule has 4 heteroatoms. The zero-order valence-electron chi connectivity index (χ0n) is 16.0. The highest BCUT2D eigenvalue weighted by Gasteiger charge is 2.67. The highest BCUT2D eigenvalue weighted by molar-refractivity contribution is 5.42. The molecule has 1 N–H and O–H groups in total. The summed E-state index contributed by atoms with van der Waals surface area (Å²) in [5.41, 5.74) is 2.59. The molecule has 5 rings (SSSR count). The summed E-state index contributed by atoms with van der Waals surface area (Å²) in [4.78, 5) is 0. The Balaban J connectivity index is 1.57. The quantitative estimate of drug-likeness (QED) is 0.835. The van der Waals surface area contributed by atoms with E-state index >= 15 is 0 Å². The van der Waals surface area contributed by atoms with Crippen LogP contribution in [0.3, 0.4) is 0 Å². The van der Waals surface area contributed by atoms with Crippen molar-refractivity contribution in [3.05, 3.63) is 29.3 Å². The van der Waals surface area contributed by atoms with Crippen molar-refractivity contribution in [2.75, 3.05) is 20.3 Å². The van der Waals surface area contributed by atoms with Crippen LogP contribution < -0.4 is 4.74 Å². The van der Waals surface area contributed by atoms with Crippen LogP contribution in [0, 0.1) is 23.2 Å². The lowest BCUT2D eigenvalue weighted by Crippen LogP contribution is -2.56. The van der Waals surface area contributed by atoms with Gasteiger partial charge in [-0.1, -0.05) is 19.9 Å². The van der Waals surface area contributed by atoms with Crippen molar-refractivity contribution in [3.8, 4) is 5.75 Å². The third-order valence-corrected chi connectivity index (χ3v) is 8.06. The van der Waals surface area contributed by atoms with Gasteiger partial charge in [0.15, 0.2) is 5.79 Å². The Hall–Kier alpha value is -1.10. The molecule has 0 radical (unpaired) electrons. The molecule has 1 saturated heterocycles. The van der Waals surface area contributed by atoms with Gasteiger partial charge >= 0.3 is 0 Å². The average Bonchev–Trinajstić information content (AvgIpc) is 3.21. The van der Waals surface area contributed by atoms with E-state index in [2.05, 4.69) is 26.0 Å². The minimum Gasteiger partial charge on any atom is -0.497 e. The van der Waals surface area contributed by atoms with Gasteiger partial charge in [-0.2, -0.15) is 0 Å². The smallest absolute Gasteiger partial charge is 0.174 e. The Morgan fingerprint density at radius 2 is 2.00 bits per heavy atom. The van der Waals surface area contributed by atoms with Gasteiger partial charge in [0.25, 0.3) is 0 Å². The molecule has 142 valence electrons. The number of rotatable bonds is 1. The molecule has 0 amide bonds. The molecule has 2 saturated carbocycles. The maximum atomic E-state index is 11.3. The van der Waals surface area contributed by atoms with Crippen molar-refractivity contribution < 1.29 is 19.3 Å². The van der Waals surface area contributed by atoms with Crippen LogP contribution in [-0.2, 0) is 15.9 Å². The van der Waals surface area contributed by atoms with Crippen LogP contribution in [0.1, 0.15) is 50.2 Å². The summed E-state index contributed by atoms with van der Waals surface area (Å²) >= 11 is 0. The van der Waals surface area contributed by atoms with Gasteiger partial charge in [-0.25, -0.2) is 0 Å². The second kappa shape index (κ2) is 5.70. The molecule has 1 aliphatic heterocycles. The highest BCUT2D eigenvalue weighted by Crippen LogP contribution is 2.67. The number of benzene rings is 1. The van der Waals surface area contributed by atoms with Crippen LogP contribution >= 0.6 is 0 Å². The third-order valence-electron chi connectivity index (χ3n) is 8.06. The number of methoxy groups -OCH3 is 1. The molecule has 3 fully saturated rings. The molecule has 6 atom stereocenters. The number of aliphatic hydroxyl groups is 1. The van der Waals surface area contributed by atoms with E-state index in [1.807, 2.05) is 6.07 Å². The summed E-state index contributed by atoms with van der Waals surface area (Å²) in [5.74, 6) is 2.22. The number of hydrogen-bond donors (Lipinski definition) is 1. The molecule has 4 aliphatic rings. The van der Waals surface area contributed by atoms with Gasteiger partial charge in [-0.15, -0.1) is 0 Å². The summed E-state index contributed by atoms with van der Waals surface area (Å²) in [5, 5.41) is 11.3. The average molecular weight is 358 g/mol. The topological polar surface area (TPSA) is 47.9 Å². The maximum Gasteiger partial charge on any atom is 0.174 e. The summed E-state index contributed by atoms with van der Waals surface area (Å²) in [6.45, 7) is 6.04. The molecule has 0 aromatic heterocycles. The van der Waals surface area contributed by atoms with E-state index in [4.69, 9.17) is 14.2 Å². The first-order valence-electron chi connectivity index (χ1n) is 10.1. The highest BCUT2D eigenvalue weighted by atomic mass is 16.7. The molecule has 26 heavy (non-hydrogen) atoms. The van der Waals surface area contributed by atoms with Gasteiger partial charge in [0, 0.05) is 17.8 Å². The van der Waals surface area contributed by atoms with Crippen molar-refractivity contribution in [1.82, 2.24) is 0 Å². The Bertz CT molecular complexity index is 710. The lowest BCUT2D eigenvalue weighted by Gasteiger charge is -2.56. The van der Waals surface area contributed by atoms with E-state index in [9.17, 15) is 5.11 Å². The summed E-state index contributed by atoms with van der Waals surface area (Å²) in [6.07, 6.45) is 3.57. The number of fused-ring (bicyclic) bond motifs is 6. The van der Waals surface area contributed by atoms with E-state index in [1.165, 1.54) is 11.1 Å². The van der Waals surface area contributed by atoms with Crippen LogP contribution in [0.5, 0.6) is 5.75 Å². The Morgan fingerprint density at radius 3 is 2.73 bits per heavy atom. The van der Waals surface area contributed by atoms with Gasteiger partial charge in [0.05, 0.1) is 26.4 Å². The Kier molecular flexibility index (Phi) is 3.73. The lowest BCUT2D eigenvalue weighted by molar-refractivity contribution is -0.248. The molecule has 1 aromatic rings. The fourth-order valence-electron chi connectivity index (χ4n) is 7.01. The van der Waals surface area contributed by atoms with Crippen molar-refractivity contribution in [2.45, 2.75) is 57.3 Å². The Morgan fingerprint density at radius 1 is 1.23 bits per heavy atom. The van der Waals surface area contributed by atoms with E-state index in [0.29, 0.717) is 31.0 Å². The van der Waals surface area contributed by atoms with Gasteiger partial charge < -0.3 is 19.3 Å². The largest absolute Gasteiger partial charge is 0.497 e. The molecular formula is C22H30O4. The predicted molar refractivity (Wildman–Crippen MR) is 98.2 cm³/mol. The number of ether oxygens (including phenoxy) is 3. The van der Waals surface area contributed by atoms with Crippen molar-refractivity contribution in [3.63, 3.8) is 0 Å². The van der Waals surface area contributed by atoms with Crippen LogP contribution in [-0.4, -0.2) is 37.3 Å². The van der Waals surface area contributed by atoms with Crippen LogP contribution in [0.25, 0.3) is 0 Å². The van der Waals surface area contributed by atoms with Crippen molar-refractivity contribution in [1.29, 1.82) is 0 Å². The fraction of sp³-hybridized carbons (Fsp3) is 0.727. The first-order chi connectivity index (χ1) is 12.5. The zero-order chi connectivity index (χ0) is 18.1. The molecule has 1 spiro atoms. The number of aliphatic hydroxyl groups excluding tert-OH is 1. The van der Waals surface area contributed by atoms with Gasteiger partial charge in [0.1, 0.15) is 5.75 Å². The fourth-order valence-corrected chi connectivity index (χ4v) is 7.01. The van der Waals surface area contributed by atoms with Gasteiger partial charge in [0.2, 0.25) is 0 Å². The SMILES string of the molecule is COc1ccc2c(c1)CC(C)[C@@H]1[C@@H]2C(O)C[C@@]2(C)[C@H]1CCC21OCCO1. The van der Waals surface area contributed by atoms with Crippen molar-refractivity contribution >= 4 is 0 Å². The first-order valence-corrected chi connectivity index (χ1v) is 10.1.